The summed E-state index contributed by atoms with van der Waals surface area (Å²) in [4.78, 5) is 11.8. The molecule has 4 nitrogen and oxygen atoms in total. The minimum atomic E-state index is -0.293. The Bertz CT molecular complexity index is 578. The molecule has 1 aromatic heterocycles. The lowest BCUT2D eigenvalue weighted by atomic mass is 10.1. The normalized spacial score (nSPS) is 11.9. The smallest absolute Gasteiger partial charge is 0.322 e. The molecule has 0 bridgehead atoms. The summed E-state index contributed by atoms with van der Waals surface area (Å²) in [6.45, 7) is 4.06. The molecular weight excluding hydrogens is 320 g/mol. The predicted octanol–water partition coefficient (Wildman–Crippen LogP) is 4.49. The number of hydrogen-bond acceptors (Lipinski definition) is 2. The zero-order chi connectivity index (χ0) is 14.5. The molecule has 5 heteroatoms. The van der Waals surface area contributed by atoms with Gasteiger partial charge in [-0.1, -0.05) is 31.2 Å². The molecule has 0 radical (unpaired) electrons. The number of furan rings is 1. The van der Waals surface area contributed by atoms with E-state index in [1.165, 1.54) is 5.56 Å². The molecule has 0 spiro atoms. The van der Waals surface area contributed by atoms with Crippen LogP contribution in [-0.2, 0) is 6.42 Å². The van der Waals surface area contributed by atoms with Crippen LogP contribution in [0.4, 0.5) is 10.7 Å². The number of urea groups is 1. The van der Waals surface area contributed by atoms with Gasteiger partial charge in [0, 0.05) is 6.07 Å². The molecule has 0 aliphatic carbocycles. The van der Waals surface area contributed by atoms with Crippen molar-refractivity contribution in [3.63, 3.8) is 0 Å². The molecule has 0 aliphatic heterocycles. The largest absolute Gasteiger partial charge is 0.434 e. The van der Waals surface area contributed by atoms with E-state index in [0.717, 1.165) is 12.0 Å². The number of carbonyl (C=O) groups is 1. The first-order valence-electron chi connectivity index (χ1n) is 6.50. The van der Waals surface area contributed by atoms with Crippen LogP contribution in [0.15, 0.2) is 45.5 Å². The van der Waals surface area contributed by atoms with Crippen LogP contribution in [0.25, 0.3) is 0 Å². The second kappa shape index (κ2) is 6.61. The Morgan fingerprint density at radius 1 is 1.25 bits per heavy atom. The number of rotatable bonds is 4. The van der Waals surface area contributed by atoms with Crippen molar-refractivity contribution in [3.8, 4) is 0 Å². The Labute approximate surface area is 126 Å². The highest BCUT2D eigenvalue weighted by Gasteiger charge is 2.10. The van der Waals surface area contributed by atoms with Crippen LogP contribution in [0.3, 0.4) is 0 Å². The van der Waals surface area contributed by atoms with Crippen LogP contribution in [-0.4, -0.2) is 6.03 Å². The molecule has 1 aromatic carbocycles. The van der Waals surface area contributed by atoms with Crippen LogP contribution >= 0.6 is 15.9 Å². The van der Waals surface area contributed by atoms with E-state index in [0.29, 0.717) is 10.6 Å². The van der Waals surface area contributed by atoms with Crippen molar-refractivity contribution in [2.45, 2.75) is 26.3 Å². The van der Waals surface area contributed by atoms with E-state index >= 15 is 0 Å². The molecule has 106 valence electrons. The topological polar surface area (TPSA) is 54.3 Å². The van der Waals surface area contributed by atoms with Crippen molar-refractivity contribution in [1.82, 2.24) is 5.32 Å². The maximum atomic E-state index is 11.8. The van der Waals surface area contributed by atoms with Gasteiger partial charge >= 0.3 is 6.03 Å². The fraction of sp³-hybridized carbons (Fsp3) is 0.267. The predicted molar refractivity (Wildman–Crippen MR) is 82.8 cm³/mol. The molecule has 0 fully saturated rings. The number of halogens is 1. The summed E-state index contributed by atoms with van der Waals surface area (Å²) in [6.07, 6.45) is 1.01. The van der Waals surface area contributed by atoms with E-state index in [1.54, 1.807) is 12.1 Å². The number of nitrogens with one attached hydrogen (secondary N) is 2. The number of hydrogen-bond donors (Lipinski definition) is 2. The van der Waals surface area contributed by atoms with Gasteiger partial charge in [-0.15, -0.1) is 0 Å². The second-order valence-corrected chi connectivity index (χ2v) is 5.30. The number of anilines is 1. The average molecular weight is 337 g/mol. The summed E-state index contributed by atoms with van der Waals surface area (Å²) in [6, 6.07) is 11.3. The van der Waals surface area contributed by atoms with Crippen molar-refractivity contribution in [3.05, 3.63) is 52.2 Å². The molecule has 2 amide bonds. The Balaban J connectivity index is 1.92. The van der Waals surface area contributed by atoms with Gasteiger partial charge in [-0.25, -0.2) is 4.79 Å². The third kappa shape index (κ3) is 3.87. The summed E-state index contributed by atoms with van der Waals surface area (Å²) in [7, 11) is 0. The van der Waals surface area contributed by atoms with Gasteiger partial charge in [-0.2, -0.15) is 0 Å². The molecule has 1 atom stereocenters. The second-order valence-electron chi connectivity index (χ2n) is 4.52. The van der Waals surface area contributed by atoms with Gasteiger partial charge in [-0.05, 0) is 46.5 Å². The van der Waals surface area contributed by atoms with Crippen molar-refractivity contribution in [1.29, 1.82) is 0 Å². The molecule has 0 saturated carbocycles. The molecule has 0 aliphatic rings. The van der Waals surface area contributed by atoms with E-state index in [-0.39, 0.29) is 12.1 Å². The Morgan fingerprint density at radius 2 is 1.95 bits per heavy atom. The Hall–Kier alpha value is -1.75. The van der Waals surface area contributed by atoms with Gasteiger partial charge in [-0.3, -0.25) is 5.32 Å². The maximum Gasteiger partial charge on any atom is 0.322 e. The first kappa shape index (κ1) is 14.7. The average Bonchev–Trinajstić information content (AvgIpc) is 2.84. The first-order valence-corrected chi connectivity index (χ1v) is 7.29. The third-order valence-corrected chi connectivity index (χ3v) is 3.47. The van der Waals surface area contributed by atoms with Crippen LogP contribution in [0.1, 0.15) is 31.0 Å². The zero-order valence-electron chi connectivity index (χ0n) is 11.4. The van der Waals surface area contributed by atoms with Crippen molar-refractivity contribution in [2.75, 3.05) is 5.32 Å². The minimum absolute atomic E-state index is 0.0701. The lowest BCUT2D eigenvalue weighted by Gasteiger charge is -2.14. The Morgan fingerprint density at radius 3 is 2.50 bits per heavy atom. The van der Waals surface area contributed by atoms with E-state index in [9.17, 15) is 4.79 Å². The zero-order valence-corrected chi connectivity index (χ0v) is 13.0. The molecular formula is C15H17BrN2O2. The summed E-state index contributed by atoms with van der Waals surface area (Å²) >= 11 is 3.18. The maximum absolute atomic E-state index is 11.8. The molecule has 1 unspecified atom stereocenters. The van der Waals surface area contributed by atoms with Gasteiger partial charge in [0.15, 0.2) is 4.67 Å². The summed E-state index contributed by atoms with van der Waals surface area (Å²) in [5, 5.41) is 5.51. The van der Waals surface area contributed by atoms with Crippen molar-refractivity contribution < 1.29 is 9.21 Å². The van der Waals surface area contributed by atoms with Crippen LogP contribution in [0.2, 0.25) is 0 Å². The van der Waals surface area contributed by atoms with Gasteiger partial charge < -0.3 is 9.73 Å². The summed E-state index contributed by atoms with van der Waals surface area (Å²) < 4.78 is 5.80. The standard InChI is InChI=1S/C15H17BrN2O2/c1-3-11-4-6-12(7-5-11)10(2)17-15(19)18-14-9-8-13(16)20-14/h4-10H,3H2,1-2H3,(H2,17,18,19). The van der Waals surface area contributed by atoms with Crippen molar-refractivity contribution in [2.24, 2.45) is 0 Å². The van der Waals surface area contributed by atoms with Crippen LogP contribution in [0.5, 0.6) is 0 Å². The van der Waals surface area contributed by atoms with E-state index in [4.69, 9.17) is 4.42 Å². The summed E-state index contributed by atoms with van der Waals surface area (Å²) in [5.41, 5.74) is 2.35. The van der Waals surface area contributed by atoms with E-state index in [1.807, 2.05) is 19.1 Å². The lowest BCUT2D eigenvalue weighted by molar-refractivity contribution is 0.249. The Kier molecular flexibility index (Phi) is 4.84. The van der Waals surface area contributed by atoms with Gasteiger partial charge in [0.2, 0.25) is 5.88 Å². The summed E-state index contributed by atoms with van der Waals surface area (Å²) in [5.74, 6) is 0.405. The number of amides is 2. The monoisotopic (exact) mass is 336 g/mol. The molecule has 20 heavy (non-hydrogen) atoms. The highest BCUT2D eigenvalue weighted by atomic mass is 79.9. The van der Waals surface area contributed by atoms with Gasteiger partial charge in [0.05, 0.1) is 6.04 Å². The number of aryl methyl sites for hydroxylation is 1. The first-order chi connectivity index (χ1) is 9.58. The quantitative estimate of drug-likeness (QED) is 0.864. The molecule has 2 rings (SSSR count). The third-order valence-electron chi connectivity index (χ3n) is 3.05. The highest BCUT2D eigenvalue weighted by molar-refractivity contribution is 9.10. The molecule has 2 N–H and O–H groups in total. The molecule has 2 aromatic rings. The lowest BCUT2D eigenvalue weighted by Crippen LogP contribution is -2.30. The van der Waals surface area contributed by atoms with Crippen molar-refractivity contribution >= 4 is 27.8 Å². The number of carbonyl (C=O) groups excluding carboxylic acids is 1. The number of benzene rings is 1. The van der Waals surface area contributed by atoms with E-state index < -0.39 is 0 Å². The minimum Gasteiger partial charge on any atom is -0.434 e. The molecule has 0 saturated heterocycles. The highest BCUT2D eigenvalue weighted by Crippen LogP contribution is 2.19. The SMILES string of the molecule is CCc1ccc(C(C)NC(=O)Nc2ccc(Br)o2)cc1. The fourth-order valence-corrected chi connectivity index (χ4v) is 2.16. The fourth-order valence-electron chi connectivity index (χ4n) is 1.85. The molecule has 1 heterocycles. The van der Waals surface area contributed by atoms with Crippen LogP contribution < -0.4 is 10.6 Å². The van der Waals surface area contributed by atoms with Crippen LogP contribution in [0, 0.1) is 0 Å². The van der Waals surface area contributed by atoms with Gasteiger partial charge in [0.1, 0.15) is 0 Å². The van der Waals surface area contributed by atoms with E-state index in [2.05, 4.69) is 45.6 Å². The van der Waals surface area contributed by atoms with Gasteiger partial charge in [0.25, 0.3) is 0 Å².